The standard InChI is InChI=1S/C18H15BrN4O4/c1-25-15-8-7-11(9-20-15)22-18-21-10-13(19)16(23-18)27-14-6-4-3-5-12(14)17(24)26-2/h3-10H,1-2H3,(H,21,22,23). The van der Waals surface area contributed by atoms with Gasteiger partial charge in [0, 0.05) is 6.07 Å². The molecule has 0 aliphatic heterocycles. The number of rotatable bonds is 6. The molecule has 1 N–H and O–H groups in total. The highest BCUT2D eigenvalue weighted by molar-refractivity contribution is 9.10. The van der Waals surface area contributed by atoms with Crippen LogP contribution in [-0.4, -0.2) is 35.1 Å². The number of aromatic nitrogens is 3. The molecule has 138 valence electrons. The van der Waals surface area contributed by atoms with Crippen LogP contribution in [0, 0.1) is 0 Å². The number of carbonyl (C=O) groups is 1. The highest BCUT2D eigenvalue weighted by Gasteiger charge is 2.15. The van der Waals surface area contributed by atoms with Crippen LogP contribution in [0.2, 0.25) is 0 Å². The highest BCUT2D eigenvalue weighted by Crippen LogP contribution is 2.31. The van der Waals surface area contributed by atoms with Gasteiger partial charge in [-0.3, -0.25) is 0 Å². The van der Waals surface area contributed by atoms with Crippen LogP contribution in [-0.2, 0) is 4.74 Å². The number of ether oxygens (including phenoxy) is 3. The molecule has 2 heterocycles. The molecule has 3 rings (SSSR count). The molecule has 0 unspecified atom stereocenters. The summed E-state index contributed by atoms with van der Waals surface area (Å²) in [6.07, 6.45) is 3.14. The molecule has 3 aromatic rings. The Labute approximate surface area is 163 Å². The quantitative estimate of drug-likeness (QED) is 0.586. The van der Waals surface area contributed by atoms with Crippen LogP contribution < -0.4 is 14.8 Å². The van der Waals surface area contributed by atoms with E-state index in [-0.39, 0.29) is 5.88 Å². The van der Waals surface area contributed by atoms with Gasteiger partial charge in [0.1, 0.15) is 11.3 Å². The summed E-state index contributed by atoms with van der Waals surface area (Å²) in [5.74, 6) is 0.862. The molecule has 0 atom stereocenters. The van der Waals surface area contributed by atoms with E-state index in [1.165, 1.54) is 7.11 Å². The molecule has 0 saturated carbocycles. The minimum Gasteiger partial charge on any atom is -0.481 e. The van der Waals surface area contributed by atoms with E-state index >= 15 is 0 Å². The fraction of sp³-hybridized carbons (Fsp3) is 0.111. The molecule has 0 bridgehead atoms. The van der Waals surface area contributed by atoms with Gasteiger partial charge >= 0.3 is 5.97 Å². The lowest BCUT2D eigenvalue weighted by molar-refractivity contribution is 0.0598. The van der Waals surface area contributed by atoms with Crippen LogP contribution in [0.25, 0.3) is 0 Å². The van der Waals surface area contributed by atoms with Gasteiger partial charge in [0.15, 0.2) is 0 Å². The molecule has 8 nitrogen and oxygen atoms in total. The smallest absolute Gasteiger partial charge is 0.341 e. The fourth-order valence-corrected chi connectivity index (χ4v) is 2.40. The largest absolute Gasteiger partial charge is 0.481 e. The molecule has 0 saturated heterocycles. The average molecular weight is 431 g/mol. The maximum Gasteiger partial charge on any atom is 0.341 e. The molecular formula is C18H15BrN4O4. The molecular weight excluding hydrogens is 416 g/mol. The molecule has 27 heavy (non-hydrogen) atoms. The van der Waals surface area contributed by atoms with E-state index < -0.39 is 5.97 Å². The predicted octanol–water partition coefficient (Wildman–Crippen LogP) is 3.97. The summed E-state index contributed by atoms with van der Waals surface area (Å²) in [5.41, 5.74) is 0.971. The van der Waals surface area contributed by atoms with Crippen molar-refractivity contribution in [2.75, 3.05) is 19.5 Å². The number of esters is 1. The molecule has 1 aromatic carbocycles. The molecule has 0 radical (unpaired) electrons. The third-order valence-corrected chi connectivity index (χ3v) is 3.96. The number of benzene rings is 1. The van der Waals surface area contributed by atoms with Gasteiger partial charge in [0.05, 0.1) is 36.8 Å². The van der Waals surface area contributed by atoms with E-state index in [0.717, 1.165) is 0 Å². The second-order valence-electron chi connectivity index (χ2n) is 5.15. The second-order valence-corrected chi connectivity index (χ2v) is 6.01. The molecule has 9 heteroatoms. The summed E-state index contributed by atoms with van der Waals surface area (Å²) in [5, 5.41) is 3.02. The summed E-state index contributed by atoms with van der Waals surface area (Å²) in [6.45, 7) is 0. The number of halogens is 1. The fourth-order valence-electron chi connectivity index (χ4n) is 2.13. The maximum atomic E-state index is 11.9. The minimum atomic E-state index is -0.501. The lowest BCUT2D eigenvalue weighted by Crippen LogP contribution is -2.05. The van der Waals surface area contributed by atoms with E-state index in [1.807, 2.05) is 0 Å². The first-order valence-electron chi connectivity index (χ1n) is 7.75. The van der Waals surface area contributed by atoms with Gasteiger partial charge < -0.3 is 19.5 Å². The van der Waals surface area contributed by atoms with Crippen molar-refractivity contribution < 1.29 is 19.0 Å². The summed E-state index contributed by atoms with van der Waals surface area (Å²) in [7, 11) is 2.85. The number of methoxy groups -OCH3 is 2. The second kappa shape index (κ2) is 8.45. The Kier molecular flexibility index (Phi) is 5.82. The Bertz CT molecular complexity index is 950. The number of hydrogen-bond donors (Lipinski definition) is 1. The van der Waals surface area contributed by atoms with E-state index in [1.54, 1.807) is 55.9 Å². The van der Waals surface area contributed by atoms with Gasteiger partial charge in [-0.15, -0.1) is 0 Å². The first-order valence-corrected chi connectivity index (χ1v) is 8.55. The average Bonchev–Trinajstić information content (AvgIpc) is 2.71. The van der Waals surface area contributed by atoms with Crippen molar-refractivity contribution >= 4 is 33.5 Å². The Hall–Kier alpha value is -3.20. The first-order chi connectivity index (χ1) is 13.1. The van der Waals surface area contributed by atoms with Gasteiger partial charge in [-0.05, 0) is 34.1 Å². The summed E-state index contributed by atoms with van der Waals surface area (Å²) >= 11 is 3.35. The zero-order valence-corrected chi connectivity index (χ0v) is 16.1. The maximum absolute atomic E-state index is 11.9. The Balaban J connectivity index is 1.84. The van der Waals surface area contributed by atoms with Crippen LogP contribution in [0.3, 0.4) is 0 Å². The van der Waals surface area contributed by atoms with Crippen molar-refractivity contribution in [1.82, 2.24) is 15.0 Å². The lowest BCUT2D eigenvalue weighted by atomic mass is 10.2. The SMILES string of the molecule is COC(=O)c1ccccc1Oc1nc(Nc2ccc(OC)nc2)ncc1Br. The molecule has 0 aliphatic carbocycles. The number of nitrogens with one attached hydrogen (secondary N) is 1. The monoisotopic (exact) mass is 430 g/mol. The van der Waals surface area contributed by atoms with E-state index in [4.69, 9.17) is 14.2 Å². The highest BCUT2D eigenvalue weighted by atomic mass is 79.9. The van der Waals surface area contributed by atoms with Gasteiger partial charge in [-0.25, -0.2) is 14.8 Å². The van der Waals surface area contributed by atoms with Crippen LogP contribution in [0.1, 0.15) is 10.4 Å². The lowest BCUT2D eigenvalue weighted by Gasteiger charge is -2.11. The molecule has 0 amide bonds. The zero-order chi connectivity index (χ0) is 19.2. The van der Waals surface area contributed by atoms with Crippen LogP contribution in [0.5, 0.6) is 17.5 Å². The van der Waals surface area contributed by atoms with Crippen LogP contribution >= 0.6 is 15.9 Å². The summed E-state index contributed by atoms with van der Waals surface area (Å²) < 4.78 is 16.1. The third kappa shape index (κ3) is 4.50. The van der Waals surface area contributed by atoms with Crippen molar-refractivity contribution in [3.05, 3.63) is 58.8 Å². The van der Waals surface area contributed by atoms with Gasteiger partial charge in [-0.2, -0.15) is 4.98 Å². The molecule has 0 fully saturated rings. The van der Waals surface area contributed by atoms with E-state index in [0.29, 0.717) is 33.3 Å². The number of anilines is 2. The van der Waals surface area contributed by atoms with Crippen molar-refractivity contribution in [2.45, 2.75) is 0 Å². The number of pyridine rings is 1. The Morgan fingerprint density at radius 2 is 1.89 bits per heavy atom. The van der Waals surface area contributed by atoms with Crippen molar-refractivity contribution in [3.8, 4) is 17.5 Å². The number of para-hydroxylation sites is 1. The Morgan fingerprint density at radius 3 is 2.59 bits per heavy atom. The van der Waals surface area contributed by atoms with Gasteiger partial charge in [-0.1, -0.05) is 12.1 Å². The van der Waals surface area contributed by atoms with Crippen molar-refractivity contribution in [1.29, 1.82) is 0 Å². The first kappa shape index (κ1) is 18.6. The van der Waals surface area contributed by atoms with E-state index in [2.05, 4.69) is 36.2 Å². The normalized spacial score (nSPS) is 10.2. The molecule has 0 spiro atoms. The summed E-state index contributed by atoms with van der Waals surface area (Å²) in [6, 6.07) is 10.2. The topological polar surface area (TPSA) is 95.5 Å². The minimum absolute atomic E-state index is 0.241. The predicted molar refractivity (Wildman–Crippen MR) is 102 cm³/mol. The number of carbonyl (C=O) groups excluding carboxylic acids is 1. The Morgan fingerprint density at radius 1 is 1.07 bits per heavy atom. The number of nitrogens with zero attached hydrogens (tertiary/aromatic N) is 3. The van der Waals surface area contributed by atoms with Gasteiger partial charge in [0.25, 0.3) is 0 Å². The third-order valence-electron chi connectivity index (χ3n) is 3.41. The summed E-state index contributed by atoms with van der Waals surface area (Å²) in [4.78, 5) is 24.5. The van der Waals surface area contributed by atoms with Crippen LogP contribution in [0.15, 0.2) is 53.3 Å². The van der Waals surface area contributed by atoms with E-state index in [9.17, 15) is 4.79 Å². The van der Waals surface area contributed by atoms with Crippen molar-refractivity contribution in [2.24, 2.45) is 0 Å². The van der Waals surface area contributed by atoms with Crippen LogP contribution in [0.4, 0.5) is 11.6 Å². The van der Waals surface area contributed by atoms with Crippen molar-refractivity contribution in [3.63, 3.8) is 0 Å². The van der Waals surface area contributed by atoms with Gasteiger partial charge in [0.2, 0.25) is 17.7 Å². The number of hydrogen-bond acceptors (Lipinski definition) is 8. The molecule has 0 aliphatic rings. The molecule has 2 aromatic heterocycles. The zero-order valence-electron chi connectivity index (χ0n) is 14.5.